The lowest BCUT2D eigenvalue weighted by atomic mass is 10.2. The molecule has 0 fully saturated rings. The first-order chi connectivity index (χ1) is 13.1. The summed E-state index contributed by atoms with van der Waals surface area (Å²) in [6.45, 7) is 6.31. The van der Waals surface area contributed by atoms with E-state index in [0.717, 1.165) is 32.2 Å². The van der Waals surface area contributed by atoms with Gasteiger partial charge in [0.05, 0.1) is 16.3 Å². The number of nitrogens with zero attached hydrogens (tertiary/aromatic N) is 2. The van der Waals surface area contributed by atoms with Gasteiger partial charge in [-0.05, 0) is 37.5 Å². The van der Waals surface area contributed by atoms with Crippen molar-refractivity contribution >= 4 is 45.7 Å². The van der Waals surface area contributed by atoms with Crippen molar-refractivity contribution in [3.63, 3.8) is 0 Å². The highest BCUT2D eigenvalue weighted by Gasteiger charge is 2.24. The maximum absolute atomic E-state index is 12.5. The maximum Gasteiger partial charge on any atom is 0.350 e. The molecule has 1 aromatic carbocycles. The number of carbonyl (C=O) groups excluding carboxylic acids is 1. The van der Waals surface area contributed by atoms with Gasteiger partial charge < -0.3 is 4.74 Å². The fourth-order valence-corrected chi connectivity index (χ4v) is 5.52. The number of benzene rings is 1. The minimum absolute atomic E-state index is 0.295. The van der Waals surface area contributed by atoms with E-state index in [0.29, 0.717) is 11.5 Å². The van der Waals surface area contributed by atoms with Gasteiger partial charge in [-0.3, -0.25) is 4.40 Å². The van der Waals surface area contributed by atoms with Gasteiger partial charge in [-0.25, -0.2) is 9.78 Å². The first-order valence-electron chi connectivity index (χ1n) is 8.84. The molecule has 27 heavy (non-hydrogen) atoms. The first-order valence-corrected chi connectivity index (χ1v) is 10.6. The number of rotatable bonds is 5. The summed E-state index contributed by atoms with van der Waals surface area (Å²) in [6, 6.07) is 12.5. The molecular formula is C21H20N2O2S2. The molecule has 0 bridgehead atoms. The molecule has 4 rings (SSSR count). The van der Waals surface area contributed by atoms with Gasteiger partial charge in [-0.2, -0.15) is 0 Å². The van der Waals surface area contributed by atoms with Gasteiger partial charge >= 0.3 is 5.97 Å². The van der Waals surface area contributed by atoms with Crippen molar-refractivity contribution in [3.8, 4) is 0 Å². The standard InChI is InChI=1S/C21H20N2O2S2/c1-4-25-20(24)18-16-17(23-11-13(2)10-14(3)19(23)22-16)21(27-18)26-12-15-8-6-5-7-9-15/h5-11H,4,12H2,1-3H3. The number of carbonyl (C=O) groups is 1. The highest BCUT2D eigenvalue weighted by molar-refractivity contribution is 8.00. The SMILES string of the molecule is CCOC(=O)c1sc(SCc2ccccc2)c2c1nc1c(C)cc(C)cn12. The summed E-state index contributed by atoms with van der Waals surface area (Å²) in [4.78, 5) is 17.9. The third kappa shape index (κ3) is 3.35. The van der Waals surface area contributed by atoms with Crippen molar-refractivity contribution in [1.29, 1.82) is 0 Å². The number of ether oxygens (including phenoxy) is 1. The lowest BCUT2D eigenvalue weighted by molar-refractivity contribution is 0.0534. The summed E-state index contributed by atoms with van der Waals surface area (Å²) in [5.41, 5.74) is 6.16. The fourth-order valence-electron chi connectivity index (χ4n) is 3.18. The Labute approximate surface area is 166 Å². The molecule has 0 N–H and O–H groups in total. The van der Waals surface area contributed by atoms with E-state index < -0.39 is 0 Å². The van der Waals surface area contributed by atoms with E-state index in [4.69, 9.17) is 9.72 Å². The third-order valence-electron chi connectivity index (χ3n) is 4.32. The average Bonchev–Trinajstić information content (AvgIpc) is 3.19. The normalized spacial score (nSPS) is 11.4. The minimum Gasteiger partial charge on any atom is -0.462 e. The molecule has 0 aliphatic heterocycles. The molecule has 0 aliphatic carbocycles. The number of thioether (sulfide) groups is 1. The largest absolute Gasteiger partial charge is 0.462 e. The van der Waals surface area contributed by atoms with E-state index in [1.807, 2.05) is 25.1 Å². The molecule has 0 radical (unpaired) electrons. The van der Waals surface area contributed by atoms with Crippen LogP contribution in [0.3, 0.4) is 0 Å². The number of fused-ring (bicyclic) bond motifs is 3. The van der Waals surface area contributed by atoms with Crippen molar-refractivity contribution in [3.05, 3.63) is 64.2 Å². The van der Waals surface area contributed by atoms with Crippen LogP contribution >= 0.6 is 23.1 Å². The van der Waals surface area contributed by atoms with Crippen molar-refractivity contribution in [2.45, 2.75) is 30.7 Å². The molecular weight excluding hydrogens is 376 g/mol. The van der Waals surface area contributed by atoms with Gasteiger partial charge in [-0.1, -0.05) is 36.4 Å². The Morgan fingerprint density at radius 2 is 2.04 bits per heavy atom. The van der Waals surface area contributed by atoms with Gasteiger partial charge in [0.1, 0.15) is 16.0 Å². The van der Waals surface area contributed by atoms with Crippen LogP contribution in [0.25, 0.3) is 16.7 Å². The number of pyridine rings is 1. The monoisotopic (exact) mass is 396 g/mol. The second kappa shape index (κ2) is 7.37. The Morgan fingerprint density at radius 3 is 2.78 bits per heavy atom. The van der Waals surface area contributed by atoms with Crippen molar-refractivity contribution in [2.24, 2.45) is 0 Å². The number of esters is 1. The molecule has 6 heteroatoms. The molecule has 0 atom stereocenters. The number of hydrogen-bond acceptors (Lipinski definition) is 5. The van der Waals surface area contributed by atoms with Gasteiger partial charge in [-0.15, -0.1) is 23.1 Å². The zero-order chi connectivity index (χ0) is 19.0. The van der Waals surface area contributed by atoms with E-state index in [-0.39, 0.29) is 5.97 Å². The minimum atomic E-state index is -0.295. The van der Waals surface area contributed by atoms with Gasteiger partial charge in [0, 0.05) is 11.9 Å². The molecule has 3 aromatic heterocycles. The van der Waals surface area contributed by atoms with Crippen molar-refractivity contribution < 1.29 is 9.53 Å². The number of aryl methyl sites for hydroxylation is 2. The van der Waals surface area contributed by atoms with Crippen LogP contribution in [0, 0.1) is 13.8 Å². The number of imidazole rings is 1. The van der Waals surface area contributed by atoms with Crippen LogP contribution in [0.1, 0.15) is 33.3 Å². The smallest absolute Gasteiger partial charge is 0.350 e. The average molecular weight is 397 g/mol. The molecule has 138 valence electrons. The molecule has 3 heterocycles. The van der Waals surface area contributed by atoms with Crippen LogP contribution < -0.4 is 0 Å². The summed E-state index contributed by atoms with van der Waals surface area (Å²) in [5.74, 6) is 0.549. The van der Waals surface area contributed by atoms with Gasteiger partial charge in [0.2, 0.25) is 0 Å². The van der Waals surface area contributed by atoms with Crippen LogP contribution in [0.2, 0.25) is 0 Å². The zero-order valence-corrected chi connectivity index (χ0v) is 17.1. The predicted molar refractivity (Wildman–Crippen MR) is 112 cm³/mol. The van der Waals surface area contributed by atoms with Crippen LogP contribution in [0.5, 0.6) is 0 Å². The number of aromatic nitrogens is 2. The third-order valence-corrected chi connectivity index (χ3v) is 6.80. The van der Waals surface area contributed by atoms with Crippen molar-refractivity contribution in [2.75, 3.05) is 6.61 Å². The quantitative estimate of drug-likeness (QED) is 0.324. The predicted octanol–water partition coefficient (Wildman–Crippen LogP) is 5.63. The fraction of sp³-hybridized carbons (Fsp3) is 0.238. The Morgan fingerprint density at radius 1 is 1.26 bits per heavy atom. The Hall–Kier alpha value is -2.31. The van der Waals surface area contributed by atoms with Gasteiger partial charge in [0.25, 0.3) is 0 Å². The summed E-state index contributed by atoms with van der Waals surface area (Å²) >= 11 is 3.22. The second-order valence-electron chi connectivity index (χ2n) is 6.42. The molecule has 0 spiro atoms. The molecule has 0 saturated heterocycles. The topological polar surface area (TPSA) is 43.6 Å². The summed E-state index contributed by atoms with van der Waals surface area (Å²) < 4.78 is 8.48. The van der Waals surface area contributed by atoms with E-state index >= 15 is 0 Å². The number of hydrogen-bond donors (Lipinski definition) is 0. The number of thiophene rings is 1. The molecule has 4 nitrogen and oxygen atoms in total. The second-order valence-corrected chi connectivity index (χ2v) is 8.68. The summed E-state index contributed by atoms with van der Waals surface area (Å²) in [6.07, 6.45) is 2.09. The van der Waals surface area contributed by atoms with Gasteiger partial charge in [0.15, 0.2) is 0 Å². The Bertz CT molecular complexity index is 1130. The van der Waals surface area contributed by atoms with E-state index in [9.17, 15) is 4.79 Å². The van der Waals surface area contributed by atoms with E-state index in [2.05, 4.69) is 42.6 Å². The summed E-state index contributed by atoms with van der Waals surface area (Å²) in [5, 5.41) is 0. The molecule has 0 saturated carbocycles. The Balaban J connectivity index is 1.87. The zero-order valence-electron chi connectivity index (χ0n) is 15.5. The molecule has 4 aromatic rings. The highest BCUT2D eigenvalue weighted by atomic mass is 32.2. The van der Waals surface area contributed by atoms with Crippen LogP contribution in [-0.2, 0) is 10.5 Å². The lowest BCUT2D eigenvalue weighted by Crippen LogP contribution is -2.02. The molecule has 0 aliphatic rings. The van der Waals surface area contributed by atoms with Crippen LogP contribution in [-0.4, -0.2) is 22.0 Å². The van der Waals surface area contributed by atoms with Crippen molar-refractivity contribution in [1.82, 2.24) is 9.38 Å². The van der Waals surface area contributed by atoms with E-state index in [1.165, 1.54) is 22.5 Å². The summed E-state index contributed by atoms with van der Waals surface area (Å²) in [7, 11) is 0. The van der Waals surface area contributed by atoms with Crippen LogP contribution in [0.15, 0.2) is 46.8 Å². The molecule has 0 amide bonds. The molecule has 0 unspecified atom stereocenters. The van der Waals surface area contributed by atoms with E-state index in [1.54, 1.807) is 11.8 Å². The lowest BCUT2D eigenvalue weighted by Gasteiger charge is -2.04. The maximum atomic E-state index is 12.5. The van der Waals surface area contributed by atoms with Crippen LogP contribution in [0.4, 0.5) is 0 Å². The highest BCUT2D eigenvalue weighted by Crippen LogP contribution is 2.40. The first kappa shape index (κ1) is 18.1. The Kier molecular flexibility index (Phi) is 4.93.